The molecule has 5 rings (SSSR count). The number of thioether (sulfide) groups is 2. The lowest BCUT2D eigenvalue weighted by atomic mass is 9.80. The van der Waals surface area contributed by atoms with Gasteiger partial charge in [0.15, 0.2) is 0 Å². The van der Waals surface area contributed by atoms with Crippen molar-refractivity contribution in [1.29, 1.82) is 0 Å². The van der Waals surface area contributed by atoms with Gasteiger partial charge in [0.2, 0.25) is 0 Å². The predicted molar refractivity (Wildman–Crippen MR) is 140 cm³/mol. The minimum Gasteiger partial charge on any atom is -0.378 e. The van der Waals surface area contributed by atoms with Crippen molar-refractivity contribution in [3.05, 3.63) is 59.7 Å². The van der Waals surface area contributed by atoms with Crippen LogP contribution in [0.5, 0.6) is 0 Å². The van der Waals surface area contributed by atoms with Crippen molar-refractivity contribution in [2.24, 2.45) is 0 Å². The summed E-state index contributed by atoms with van der Waals surface area (Å²) in [7, 11) is 0. The molecule has 0 aliphatic carbocycles. The third-order valence-corrected chi connectivity index (χ3v) is 11.5. The van der Waals surface area contributed by atoms with E-state index in [0.29, 0.717) is 0 Å². The number of rotatable bonds is 4. The average molecular weight is 482 g/mol. The van der Waals surface area contributed by atoms with Crippen LogP contribution in [0.2, 0.25) is 0 Å². The number of hydrogen-bond acceptors (Lipinski definition) is 5. The molecule has 2 saturated heterocycles. The summed E-state index contributed by atoms with van der Waals surface area (Å²) < 4.78 is -0.321. The fourth-order valence-corrected chi connectivity index (χ4v) is 9.88. The van der Waals surface area contributed by atoms with Crippen molar-refractivity contribution in [2.75, 3.05) is 31.1 Å². The molecule has 2 aromatic carbocycles. The molecule has 0 unspecified atom stereocenters. The summed E-state index contributed by atoms with van der Waals surface area (Å²) in [5, 5.41) is 12.7. The molecule has 32 heavy (non-hydrogen) atoms. The highest BCUT2D eigenvalue weighted by Crippen LogP contribution is 2.63. The summed E-state index contributed by atoms with van der Waals surface area (Å²) >= 11 is 5.69. The highest BCUT2D eigenvalue weighted by Gasteiger charge is 2.56. The van der Waals surface area contributed by atoms with Crippen LogP contribution in [-0.2, 0) is 5.60 Å². The molecule has 0 aromatic heterocycles. The number of hydrogen-bond donors (Lipinski definition) is 1. The number of piperidine rings is 1. The van der Waals surface area contributed by atoms with Crippen molar-refractivity contribution >= 4 is 35.3 Å². The van der Waals surface area contributed by atoms with Crippen molar-refractivity contribution in [3.63, 3.8) is 0 Å². The van der Waals surface area contributed by atoms with Gasteiger partial charge < -0.3 is 5.11 Å². The Morgan fingerprint density at radius 1 is 0.812 bits per heavy atom. The zero-order chi connectivity index (χ0) is 21.9. The van der Waals surface area contributed by atoms with Crippen LogP contribution in [0, 0.1) is 11.8 Å². The molecule has 0 atom stereocenters. The first kappa shape index (κ1) is 22.7. The van der Waals surface area contributed by atoms with Crippen molar-refractivity contribution in [1.82, 2.24) is 4.90 Å². The van der Waals surface area contributed by atoms with Crippen molar-refractivity contribution in [3.8, 4) is 11.8 Å². The largest absolute Gasteiger partial charge is 0.378 e. The summed E-state index contributed by atoms with van der Waals surface area (Å²) in [6, 6.07) is 16.9. The quantitative estimate of drug-likeness (QED) is 0.522. The molecule has 0 spiro atoms. The Labute approximate surface area is 205 Å². The van der Waals surface area contributed by atoms with Crippen LogP contribution >= 0.6 is 35.3 Å². The van der Waals surface area contributed by atoms with Crippen LogP contribution < -0.4 is 0 Å². The molecule has 3 aliphatic rings. The second kappa shape index (κ2) is 10.1. The normalized spacial score (nSPS) is 21.7. The molecule has 0 saturated carbocycles. The van der Waals surface area contributed by atoms with E-state index in [9.17, 15) is 5.11 Å². The van der Waals surface area contributed by atoms with E-state index in [1.54, 1.807) is 11.8 Å². The summed E-state index contributed by atoms with van der Waals surface area (Å²) in [5.41, 5.74) is 1.11. The van der Waals surface area contributed by atoms with Crippen LogP contribution in [0.15, 0.2) is 58.3 Å². The molecule has 0 amide bonds. The predicted octanol–water partition coefficient (Wildman–Crippen LogP) is 6.22. The number of benzene rings is 2. The third kappa shape index (κ3) is 4.26. The molecular formula is C27H31NOS3. The SMILES string of the molecule is OC1(C2(CCC#CCN3CCCCC3)SCCCS2)c2ccccc2Sc2ccccc21. The molecule has 1 N–H and O–H groups in total. The maximum absolute atomic E-state index is 12.7. The Morgan fingerprint density at radius 2 is 1.44 bits per heavy atom. The fraction of sp³-hybridized carbons (Fsp3) is 0.481. The van der Waals surface area contributed by atoms with E-state index in [2.05, 4.69) is 65.3 Å². The lowest BCUT2D eigenvalue weighted by molar-refractivity contribution is 0.0578. The maximum atomic E-state index is 12.7. The summed E-state index contributed by atoms with van der Waals surface area (Å²) in [5.74, 6) is 9.09. The zero-order valence-corrected chi connectivity index (χ0v) is 21.0. The molecule has 2 fully saturated rings. The van der Waals surface area contributed by atoms with Gasteiger partial charge in [-0.1, -0.05) is 60.5 Å². The minimum atomic E-state index is -1.02. The van der Waals surface area contributed by atoms with E-state index >= 15 is 0 Å². The number of likely N-dealkylation sites (tertiary alicyclic amines) is 1. The van der Waals surface area contributed by atoms with E-state index < -0.39 is 5.60 Å². The molecule has 168 valence electrons. The van der Waals surface area contributed by atoms with Crippen LogP contribution in [0.4, 0.5) is 0 Å². The molecule has 0 radical (unpaired) electrons. The van der Waals surface area contributed by atoms with E-state index in [4.69, 9.17) is 0 Å². The second-order valence-electron chi connectivity index (χ2n) is 8.80. The van der Waals surface area contributed by atoms with Gasteiger partial charge >= 0.3 is 0 Å². The zero-order valence-electron chi connectivity index (χ0n) is 18.5. The minimum absolute atomic E-state index is 0.321. The highest BCUT2D eigenvalue weighted by molar-refractivity contribution is 8.18. The lowest BCUT2D eigenvalue weighted by Crippen LogP contribution is -2.51. The van der Waals surface area contributed by atoms with E-state index in [1.165, 1.54) is 48.6 Å². The standard InChI is InChI=1S/C27H31NOS3/c29-27(22-12-3-5-14-24(22)32-25-15-6-4-13-23(25)27)26(30-20-11-21-31-26)16-7-1-8-17-28-18-9-2-10-19-28/h3-6,12-15,29H,2,7,9-11,16-21H2. The number of aliphatic hydroxyl groups is 1. The Hall–Kier alpha value is -1.03. The first-order valence-corrected chi connectivity index (χ1v) is 14.6. The molecule has 3 heterocycles. The van der Waals surface area contributed by atoms with Gasteiger partial charge in [0.05, 0.1) is 10.6 Å². The van der Waals surface area contributed by atoms with Gasteiger partial charge in [0, 0.05) is 27.3 Å². The van der Waals surface area contributed by atoms with Gasteiger partial charge in [0.1, 0.15) is 5.60 Å². The van der Waals surface area contributed by atoms with Crippen LogP contribution in [0.1, 0.15) is 49.7 Å². The molecular weight excluding hydrogens is 451 g/mol. The number of nitrogens with zero attached hydrogens (tertiary/aromatic N) is 1. The Balaban J connectivity index is 1.45. The lowest BCUT2D eigenvalue weighted by Gasteiger charge is -2.51. The Bertz CT molecular complexity index is 954. The summed E-state index contributed by atoms with van der Waals surface area (Å²) in [6.07, 6.45) is 6.89. The van der Waals surface area contributed by atoms with Gasteiger partial charge in [-0.15, -0.1) is 29.4 Å². The summed E-state index contributed by atoms with van der Waals surface area (Å²) in [6.45, 7) is 3.27. The fourth-order valence-electron chi connectivity index (χ4n) is 5.09. The number of fused-ring (bicyclic) bond motifs is 2. The first-order valence-electron chi connectivity index (χ1n) is 11.8. The van der Waals surface area contributed by atoms with Crippen molar-refractivity contribution in [2.45, 2.75) is 58.0 Å². The van der Waals surface area contributed by atoms with Crippen LogP contribution in [-0.4, -0.2) is 45.2 Å². The van der Waals surface area contributed by atoms with Gasteiger partial charge in [0.25, 0.3) is 0 Å². The van der Waals surface area contributed by atoms with E-state index in [-0.39, 0.29) is 4.08 Å². The van der Waals surface area contributed by atoms with Gasteiger partial charge in [-0.3, -0.25) is 4.90 Å². The Morgan fingerprint density at radius 3 is 2.09 bits per heavy atom. The van der Waals surface area contributed by atoms with E-state index in [1.807, 2.05) is 23.5 Å². The molecule has 3 aliphatic heterocycles. The third-order valence-electron chi connectivity index (χ3n) is 6.74. The average Bonchev–Trinajstić information content (AvgIpc) is 2.85. The van der Waals surface area contributed by atoms with Gasteiger partial charge in [-0.05, 0) is 62.4 Å². The van der Waals surface area contributed by atoms with Crippen molar-refractivity contribution < 1.29 is 5.11 Å². The van der Waals surface area contributed by atoms with E-state index in [0.717, 1.165) is 42.0 Å². The first-order chi connectivity index (χ1) is 15.7. The second-order valence-corrected chi connectivity index (χ2v) is 12.9. The van der Waals surface area contributed by atoms with Gasteiger partial charge in [-0.2, -0.15) is 0 Å². The van der Waals surface area contributed by atoms with Crippen LogP contribution in [0.25, 0.3) is 0 Å². The molecule has 5 heteroatoms. The molecule has 2 nitrogen and oxygen atoms in total. The molecule has 0 bridgehead atoms. The van der Waals surface area contributed by atoms with Crippen LogP contribution in [0.3, 0.4) is 0 Å². The Kier molecular flexibility index (Phi) is 7.16. The highest BCUT2D eigenvalue weighted by atomic mass is 32.2. The maximum Gasteiger partial charge on any atom is 0.140 e. The topological polar surface area (TPSA) is 23.5 Å². The summed E-state index contributed by atoms with van der Waals surface area (Å²) in [4.78, 5) is 4.83. The monoisotopic (exact) mass is 481 g/mol. The molecule has 2 aromatic rings. The smallest absolute Gasteiger partial charge is 0.140 e. The van der Waals surface area contributed by atoms with Gasteiger partial charge in [-0.25, -0.2) is 0 Å².